The Morgan fingerprint density at radius 3 is 2.69 bits per heavy atom. The molecule has 3 nitrogen and oxygen atoms in total. The minimum atomic E-state index is 0.344. The Morgan fingerprint density at radius 1 is 1.25 bits per heavy atom. The Bertz CT molecular complexity index is 175. The van der Waals surface area contributed by atoms with Crippen LogP contribution in [0, 0.1) is 11.8 Å². The van der Waals surface area contributed by atoms with Crippen LogP contribution in [0.15, 0.2) is 0 Å². The third kappa shape index (κ3) is 4.81. The number of aliphatic hydroxyl groups excluding tert-OH is 1. The van der Waals surface area contributed by atoms with Gasteiger partial charge in [-0.15, -0.1) is 0 Å². The van der Waals surface area contributed by atoms with Gasteiger partial charge in [0.05, 0.1) is 0 Å². The predicted octanol–water partition coefficient (Wildman–Crippen LogP) is 1.46. The average Bonchev–Trinajstić information content (AvgIpc) is 2.31. The molecular weight excluding hydrogens is 200 g/mol. The van der Waals surface area contributed by atoms with E-state index in [9.17, 15) is 0 Å². The number of nitrogens with two attached hydrogens (primary N) is 1. The summed E-state index contributed by atoms with van der Waals surface area (Å²) in [5.74, 6) is 1.50. The van der Waals surface area contributed by atoms with Crippen LogP contribution < -0.4 is 5.73 Å². The fraction of sp³-hybridized carbons (Fsp3) is 1.00. The molecule has 0 aromatic rings. The molecule has 0 bridgehead atoms. The predicted molar refractivity (Wildman–Crippen MR) is 68.3 cm³/mol. The molecule has 3 heteroatoms. The third-order valence-corrected chi connectivity index (χ3v) is 3.88. The van der Waals surface area contributed by atoms with E-state index in [0.29, 0.717) is 12.5 Å². The first-order chi connectivity index (χ1) is 7.77. The molecule has 0 aliphatic carbocycles. The second-order valence-corrected chi connectivity index (χ2v) is 5.20. The van der Waals surface area contributed by atoms with Gasteiger partial charge in [-0.05, 0) is 50.7 Å². The maximum Gasteiger partial charge on any atom is 0.0431 e. The molecule has 96 valence electrons. The fourth-order valence-corrected chi connectivity index (χ4v) is 2.54. The molecule has 1 saturated heterocycles. The van der Waals surface area contributed by atoms with Gasteiger partial charge in [-0.2, -0.15) is 0 Å². The lowest BCUT2D eigenvalue weighted by Gasteiger charge is -2.36. The van der Waals surface area contributed by atoms with Gasteiger partial charge in [0, 0.05) is 13.2 Å². The van der Waals surface area contributed by atoms with Crippen LogP contribution in [0.1, 0.15) is 39.0 Å². The van der Waals surface area contributed by atoms with Gasteiger partial charge in [0.25, 0.3) is 0 Å². The van der Waals surface area contributed by atoms with Gasteiger partial charge in [-0.3, -0.25) is 0 Å². The van der Waals surface area contributed by atoms with Crippen LogP contribution in [-0.4, -0.2) is 42.8 Å². The summed E-state index contributed by atoms with van der Waals surface area (Å²) in [6.07, 6.45) is 5.95. The van der Waals surface area contributed by atoms with Crippen molar-refractivity contribution in [3.8, 4) is 0 Å². The zero-order valence-electron chi connectivity index (χ0n) is 10.7. The quantitative estimate of drug-likeness (QED) is 0.649. The molecule has 0 spiro atoms. The molecule has 2 atom stereocenters. The number of piperidine rings is 1. The molecule has 0 aromatic heterocycles. The Kier molecular flexibility index (Phi) is 7.01. The van der Waals surface area contributed by atoms with Gasteiger partial charge in [-0.25, -0.2) is 0 Å². The van der Waals surface area contributed by atoms with E-state index in [4.69, 9.17) is 10.8 Å². The number of aliphatic hydroxyl groups is 1. The summed E-state index contributed by atoms with van der Waals surface area (Å²) in [5, 5.41) is 8.69. The SMILES string of the molecule is CC1CCN(CCCCCCO)CC1CN. The number of nitrogens with zero attached hydrogens (tertiary/aromatic N) is 1. The van der Waals surface area contributed by atoms with Crippen molar-refractivity contribution in [1.29, 1.82) is 0 Å². The second kappa shape index (κ2) is 8.04. The first-order valence-corrected chi connectivity index (χ1v) is 6.81. The van der Waals surface area contributed by atoms with E-state index in [2.05, 4.69) is 11.8 Å². The van der Waals surface area contributed by atoms with Crippen LogP contribution in [0.25, 0.3) is 0 Å². The molecule has 0 aromatic carbocycles. The Balaban J connectivity index is 2.08. The van der Waals surface area contributed by atoms with E-state index < -0.39 is 0 Å². The van der Waals surface area contributed by atoms with E-state index in [-0.39, 0.29) is 0 Å². The molecule has 1 heterocycles. The molecule has 16 heavy (non-hydrogen) atoms. The van der Waals surface area contributed by atoms with Gasteiger partial charge in [0.2, 0.25) is 0 Å². The molecule has 3 N–H and O–H groups in total. The van der Waals surface area contributed by atoms with Crippen LogP contribution in [0.5, 0.6) is 0 Å². The Hall–Kier alpha value is -0.120. The average molecular weight is 228 g/mol. The summed E-state index contributed by atoms with van der Waals surface area (Å²) < 4.78 is 0. The van der Waals surface area contributed by atoms with Crippen LogP contribution in [0.2, 0.25) is 0 Å². The molecule has 0 saturated carbocycles. The topological polar surface area (TPSA) is 49.5 Å². The minimum absolute atomic E-state index is 0.344. The van der Waals surface area contributed by atoms with Crippen molar-refractivity contribution in [3.63, 3.8) is 0 Å². The van der Waals surface area contributed by atoms with Crippen molar-refractivity contribution in [2.45, 2.75) is 39.0 Å². The lowest BCUT2D eigenvalue weighted by molar-refractivity contribution is 0.130. The monoisotopic (exact) mass is 228 g/mol. The van der Waals surface area contributed by atoms with Crippen LogP contribution >= 0.6 is 0 Å². The number of hydrogen-bond acceptors (Lipinski definition) is 3. The maximum absolute atomic E-state index is 8.69. The number of hydrogen-bond donors (Lipinski definition) is 2. The van der Waals surface area contributed by atoms with E-state index in [1.54, 1.807) is 0 Å². The van der Waals surface area contributed by atoms with Crippen LogP contribution in [0.4, 0.5) is 0 Å². The van der Waals surface area contributed by atoms with Gasteiger partial charge in [-0.1, -0.05) is 19.8 Å². The smallest absolute Gasteiger partial charge is 0.0431 e. The Labute approximate surface area is 100 Å². The van der Waals surface area contributed by atoms with Gasteiger partial charge >= 0.3 is 0 Å². The molecular formula is C13H28N2O. The van der Waals surface area contributed by atoms with Crippen molar-refractivity contribution in [1.82, 2.24) is 4.90 Å². The second-order valence-electron chi connectivity index (χ2n) is 5.20. The van der Waals surface area contributed by atoms with Crippen LogP contribution in [0.3, 0.4) is 0 Å². The van der Waals surface area contributed by atoms with E-state index >= 15 is 0 Å². The molecule has 1 aliphatic heterocycles. The summed E-state index contributed by atoms with van der Waals surface area (Å²) >= 11 is 0. The number of rotatable bonds is 7. The highest BCUT2D eigenvalue weighted by atomic mass is 16.2. The molecule has 1 aliphatic rings. The van der Waals surface area contributed by atoms with Crippen molar-refractivity contribution in [2.75, 3.05) is 32.8 Å². The van der Waals surface area contributed by atoms with Gasteiger partial charge in [0.1, 0.15) is 0 Å². The largest absolute Gasteiger partial charge is 0.396 e. The highest BCUT2D eigenvalue weighted by Gasteiger charge is 2.24. The standard InChI is InChI=1S/C13H28N2O/c1-12-6-8-15(11-13(12)10-14)7-4-2-3-5-9-16/h12-13,16H,2-11,14H2,1H3. The van der Waals surface area contributed by atoms with Crippen molar-refractivity contribution < 1.29 is 5.11 Å². The summed E-state index contributed by atoms with van der Waals surface area (Å²) in [6, 6.07) is 0. The van der Waals surface area contributed by atoms with Crippen LogP contribution in [-0.2, 0) is 0 Å². The van der Waals surface area contributed by atoms with Crippen molar-refractivity contribution in [3.05, 3.63) is 0 Å². The maximum atomic E-state index is 8.69. The zero-order chi connectivity index (χ0) is 11.8. The summed E-state index contributed by atoms with van der Waals surface area (Å²) in [4.78, 5) is 2.57. The lowest BCUT2D eigenvalue weighted by atomic mass is 9.87. The van der Waals surface area contributed by atoms with Gasteiger partial charge < -0.3 is 15.7 Å². The molecule has 1 fully saturated rings. The molecule has 2 unspecified atom stereocenters. The normalized spacial score (nSPS) is 27.2. The molecule has 0 amide bonds. The summed E-state index contributed by atoms with van der Waals surface area (Å²) in [5.41, 5.74) is 5.80. The van der Waals surface area contributed by atoms with E-state index in [1.165, 1.54) is 45.3 Å². The fourth-order valence-electron chi connectivity index (χ4n) is 2.54. The van der Waals surface area contributed by atoms with Crippen molar-refractivity contribution in [2.24, 2.45) is 17.6 Å². The summed E-state index contributed by atoms with van der Waals surface area (Å²) in [6.45, 7) is 7.17. The summed E-state index contributed by atoms with van der Waals surface area (Å²) in [7, 11) is 0. The Morgan fingerprint density at radius 2 is 2.00 bits per heavy atom. The molecule has 0 radical (unpaired) electrons. The third-order valence-electron chi connectivity index (χ3n) is 3.88. The lowest BCUT2D eigenvalue weighted by Crippen LogP contribution is -2.42. The zero-order valence-corrected chi connectivity index (χ0v) is 10.7. The number of likely N-dealkylation sites (tertiary alicyclic amines) is 1. The van der Waals surface area contributed by atoms with Gasteiger partial charge in [0.15, 0.2) is 0 Å². The first-order valence-electron chi connectivity index (χ1n) is 6.81. The first kappa shape index (κ1) is 13.9. The molecule has 1 rings (SSSR count). The number of unbranched alkanes of at least 4 members (excludes halogenated alkanes) is 3. The van der Waals surface area contributed by atoms with E-state index in [1.807, 2.05) is 0 Å². The minimum Gasteiger partial charge on any atom is -0.396 e. The van der Waals surface area contributed by atoms with Crippen molar-refractivity contribution >= 4 is 0 Å². The highest BCUT2D eigenvalue weighted by molar-refractivity contribution is 4.78. The highest BCUT2D eigenvalue weighted by Crippen LogP contribution is 2.22. The van der Waals surface area contributed by atoms with E-state index in [0.717, 1.165) is 18.9 Å².